The topological polar surface area (TPSA) is 12.9 Å². The fourth-order valence-electron chi connectivity index (χ4n) is 0.313. The molecule has 1 nitrogen and oxygen atoms in total. The number of aromatic nitrogens is 1. The zero-order chi connectivity index (χ0) is 4.24. The van der Waals surface area contributed by atoms with Gasteiger partial charge in [0.15, 0.2) is 0 Å². The first-order valence-corrected chi connectivity index (χ1v) is 1.85. The van der Waals surface area contributed by atoms with Crippen LogP contribution in [0.15, 0.2) is 30.6 Å². The summed E-state index contributed by atoms with van der Waals surface area (Å²) in [6.07, 6.45) is 3.50. The van der Waals surface area contributed by atoms with Crippen molar-refractivity contribution in [3.8, 4) is 0 Å². The fourth-order valence-corrected chi connectivity index (χ4v) is 0.313. The summed E-state index contributed by atoms with van der Waals surface area (Å²) in [5.74, 6) is 0. The van der Waals surface area contributed by atoms with Crippen molar-refractivity contribution in [1.29, 1.82) is 0 Å². The van der Waals surface area contributed by atoms with Crippen LogP contribution < -0.4 is 0 Å². The normalized spacial score (nSPS) is 5.33. The average molecular weight is 175 g/mol. The molecule has 0 aliphatic carbocycles. The van der Waals surface area contributed by atoms with Crippen LogP contribution in [0.2, 0.25) is 0 Å². The summed E-state index contributed by atoms with van der Waals surface area (Å²) in [7, 11) is 0. The standard InChI is InChI=1S/C5H5N.ClH.FH.K/c1-2-4-6-5-3-1;;;/h1-5H;2*1H;. The van der Waals surface area contributed by atoms with Crippen LogP contribution >= 0.6 is 12.4 Å². The summed E-state index contributed by atoms with van der Waals surface area (Å²) in [6.45, 7) is 0. The van der Waals surface area contributed by atoms with E-state index in [0.29, 0.717) is 0 Å². The Labute approximate surface area is 102 Å². The molecule has 0 saturated heterocycles. The van der Waals surface area contributed by atoms with E-state index >= 15 is 0 Å². The summed E-state index contributed by atoms with van der Waals surface area (Å²) in [4.78, 5) is 3.78. The van der Waals surface area contributed by atoms with Gasteiger partial charge in [-0.2, -0.15) is 0 Å². The van der Waals surface area contributed by atoms with Crippen molar-refractivity contribution >= 4 is 63.8 Å². The van der Waals surface area contributed by atoms with E-state index in [1.807, 2.05) is 18.2 Å². The minimum absolute atomic E-state index is 0. The number of halogens is 2. The number of nitrogens with zero attached hydrogens (tertiary/aromatic N) is 1. The van der Waals surface area contributed by atoms with Crippen molar-refractivity contribution in [2.24, 2.45) is 0 Å². The molecular formula is C5H7ClFKN. The largest absolute Gasteiger partial charge is 0.269 e. The SMILES string of the molecule is Cl.F.[K].c1ccncc1. The van der Waals surface area contributed by atoms with Crippen molar-refractivity contribution in [2.75, 3.05) is 0 Å². The molecule has 47 valence electrons. The zero-order valence-electron chi connectivity index (χ0n) is 5.15. The van der Waals surface area contributed by atoms with Gasteiger partial charge in [-0.25, -0.2) is 0 Å². The average Bonchev–Trinajstić information content (AvgIpc) is 1.72. The zero-order valence-corrected chi connectivity index (χ0v) is 9.09. The first kappa shape index (κ1) is 16.5. The van der Waals surface area contributed by atoms with E-state index in [1.54, 1.807) is 12.4 Å². The van der Waals surface area contributed by atoms with Crippen LogP contribution in [0, 0.1) is 0 Å². The third-order valence-corrected chi connectivity index (χ3v) is 0.566. The summed E-state index contributed by atoms with van der Waals surface area (Å²) < 4.78 is 0. The predicted octanol–water partition coefficient (Wildman–Crippen LogP) is 1.28. The number of hydrogen-bond acceptors (Lipinski definition) is 1. The van der Waals surface area contributed by atoms with Crippen LogP contribution in [-0.4, -0.2) is 56.4 Å². The Morgan fingerprint density at radius 2 is 1.33 bits per heavy atom. The Bertz CT molecular complexity index is 88.9. The Kier molecular flexibility index (Phi) is 21.6. The van der Waals surface area contributed by atoms with Crippen LogP contribution in [0.5, 0.6) is 0 Å². The molecule has 1 radical (unpaired) electrons. The molecule has 9 heavy (non-hydrogen) atoms. The van der Waals surface area contributed by atoms with Crippen LogP contribution in [0.4, 0.5) is 4.70 Å². The van der Waals surface area contributed by atoms with E-state index in [-0.39, 0.29) is 68.5 Å². The molecule has 0 N–H and O–H groups in total. The van der Waals surface area contributed by atoms with Gasteiger partial charge in [-0.1, -0.05) is 6.07 Å². The van der Waals surface area contributed by atoms with E-state index < -0.39 is 0 Å². The van der Waals surface area contributed by atoms with Gasteiger partial charge >= 0.3 is 0 Å². The maximum absolute atomic E-state index is 3.78. The Hall–Kier alpha value is 1.01. The third-order valence-electron chi connectivity index (χ3n) is 0.566. The van der Waals surface area contributed by atoms with Crippen molar-refractivity contribution in [3.05, 3.63) is 30.6 Å². The van der Waals surface area contributed by atoms with Gasteiger partial charge in [0.25, 0.3) is 0 Å². The molecule has 4 heteroatoms. The van der Waals surface area contributed by atoms with E-state index in [2.05, 4.69) is 4.98 Å². The first-order valence-electron chi connectivity index (χ1n) is 1.85. The summed E-state index contributed by atoms with van der Waals surface area (Å²) in [5.41, 5.74) is 0. The van der Waals surface area contributed by atoms with Gasteiger partial charge in [0.2, 0.25) is 0 Å². The molecule has 1 rings (SSSR count). The molecule has 0 bridgehead atoms. The van der Waals surface area contributed by atoms with Crippen LogP contribution in [0.1, 0.15) is 0 Å². The van der Waals surface area contributed by atoms with Gasteiger partial charge in [0.05, 0.1) is 0 Å². The smallest absolute Gasteiger partial charge is 0.0267 e. The molecule has 1 aromatic rings. The second-order valence-corrected chi connectivity index (χ2v) is 1.02. The Morgan fingerprint density at radius 3 is 1.44 bits per heavy atom. The van der Waals surface area contributed by atoms with Crippen molar-refractivity contribution in [2.45, 2.75) is 0 Å². The van der Waals surface area contributed by atoms with Crippen molar-refractivity contribution in [1.82, 2.24) is 4.98 Å². The molecule has 0 spiro atoms. The first-order chi connectivity index (χ1) is 3.00. The maximum Gasteiger partial charge on any atom is 0.0267 e. The minimum atomic E-state index is 0. The minimum Gasteiger partial charge on any atom is -0.269 e. The molecule has 1 heterocycles. The summed E-state index contributed by atoms with van der Waals surface area (Å²) in [5, 5.41) is 0. The summed E-state index contributed by atoms with van der Waals surface area (Å²) in [6, 6.07) is 5.72. The van der Waals surface area contributed by atoms with E-state index in [0.717, 1.165) is 0 Å². The van der Waals surface area contributed by atoms with Crippen LogP contribution in [0.25, 0.3) is 0 Å². The van der Waals surface area contributed by atoms with E-state index in [4.69, 9.17) is 0 Å². The molecule has 0 unspecified atom stereocenters. The van der Waals surface area contributed by atoms with Gasteiger partial charge in [-0.15, -0.1) is 12.4 Å². The Morgan fingerprint density at radius 1 is 0.889 bits per heavy atom. The van der Waals surface area contributed by atoms with Gasteiger partial charge in [0.1, 0.15) is 0 Å². The molecule has 0 fully saturated rings. The van der Waals surface area contributed by atoms with Crippen LogP contribution in [0.3, 0.4) is 0 Å². The molecule has 0 atom stereocenters. The number of pyridine rings is 1. The molecule has 1 aromatic heterocycles. The quantitative estimate of drug-likeness (QED) is 0.540. The second kappa shape index (κ2) is 11.8. The molecule has 0 saturated carbocycles. The summed E-state index contributed by atoms with van der Waals surface area (Å²) >= 11 is 0. The molecule has 0 amide bonds. The van der Waals surface area contributed by atoms with Gasteiger partial charge in [0, 0.05) is 63.8 Å². The number of hydrogen-bond donors (Lipinski definition) is 0. The Balaban J connectivity index is -0.000000120. The van der Waals surface area contributed by atoms with E-state index in [1.165, 1.54) is 0 Å². The van der Waals surface area contributed by atoms with Crippen molar-refractivity contribution < 1.29 is 4.70 Å². The van der Waals surface area contributed by atoms with Gasteiger partial charge in [-0.3, -0.25) is 9.69 Å². The third kappa shape index (κ3) is 9.01. The molecule has 0 aliphatic heterocycles. The fraction of sp³-hybridized carbons (Fsp3) is 0. The van der Waals surface area contributed by atoms with Crippen molar-refractivity contribution in [3.63, 3.8) is 0 Å². The number of rotatable bonds is 0. The molecule has 0 aromatic carbocycles. The molecule has 0 aliphatic rings. The van der Waals surface area contributed by atoms with E-state index in [9.17, 15) is 0 Å². The van der Waals surface area contributed by atoms with Crippen LogP contribution in [-0.2, 0) is 0 Å². The van der Waals surface area contributed by atoms with Gasteiger partial charge in [-0.05, 0) is 12.1 Å². The second-order valence-electron chi connectivity index (χ2n) is 1.02. The maximum atomic E-state index is 3.78. The predicted molar refractivity (Wildman–Crippen MR) is 39.7 cm³/mol. The molecular weight excluding hydrogens is 168 g/mol. The van der Waals surface area contributed by atoms with Gasteiger partial charge < -0.3 is 0 Å². The monoisotopic (exact) mass is 174 g/mol.